The smallest absolute Gasteiger partial charge is 0.295 e. The molecule has 0 bridgehead atoms. The molecule has 31 heavy (non-hydrogen) atoms. The fourth-order valence-electron chi connectivity index (χ4n) is 2.95. The highest BCUT2D eigenvalue weighted by Crippen LogP contribution is 2.27. The zero-order valence-corrected chi connectivity index (χ0v) is 17.3. The molecule has 0 atom stereocenters. The maximum atomic E-state index is 13.0. The molecule has 7 nitrogen and oxygen atoms in total. The number of hydrogen-bond donors (Lipinski definition) is 2. The standard InChI is InChI=1S/C23H19N5O2S/c24-20(29)15-31-19-14-8-7-13-18(19)25-23(30)21-26-22(16-9-3-1-4-10-16)28(27-21)17-11-5-2-6-12-17/h1-14H,15H2,(H2,24,29)(H,25,30). The molecule has 154 valence electrons. The molecule has 4 rings (SSSR count). The topological polar surface area (TPSA) is 103 Å². The van der Waals surface area contributed by atoms with Crippen molar-refractivity contribution in [1.82, 2.24) is 14.8 Å². The monoisotopic (exact) mass is 429 g/mol. The van der Waals surface area contributed by atoms with E-state index in [-0.39, 0.29) is 11.6 Å². The van der Waals surface area contributed by atoms with E-state index in [0.717, 1.165) is 16.1 Å². The molecule has 1 aromatic heterocycles. The van der Waals surface area contributed by atoms with Gasteiger partial charge in [0.05, 0.1) is 17.1 Å². The normalized spacial score (nSPS) is 10.6. The zero-order chi connectivity index (χ0) is 21.6. The summed E-state index contributed by atoms with van der Waals surface area (Å²) in [5, 5.41) is 7.31. The SMILES string of the molecule is NC(=O)CSc1ccccc1NC(=O)c1nc(-c2ccccc2)n(-c2ccccc2)n1. The number of benzene rings is 3. The van der Waals surface area contributed by atoms with Gasteiger partial charge in [-0.3, -0.25) is 9.59 Å². The van der Waals surface area contributed by atoms with Crippen LogP contribution in [0.25, 0.3) is 17.1 Å². The average Bonchev–Trinajstić information content (AvgIpc) is 3.25. The first-order valence-corrected chi connectivity index (χ1v) is 10.5. The van der Waals surface area contributed by atoms with E-state index in [1.807, 2.05) is 72.8 Å². The molecule has 0 fully saturated rings. The van der Waals surface area contributed by atoms with E-state index in [1.165, 1.54) is 11.8 Å². The number of carbonyl (C=O) groups excluding carboxylic acids is 2. The average molecular weight is 430 g/mol. The van der Waals surface area contributed by atoms with Gasteiger partial charge in [-0.1, -0.05) is 60.7 Å². The maximum Gasteiger partial charge on any atom is 0.295 e. The zero-order valence-electron chi connectivity index (χ0n) is 16.4. The van der Waals surface area contributed by atoms with Crippen molar-refractivity contribution >= 4 is 29.3 Å². The molecule has 0 spiro atoms. The molecule has 8 heteroatoms. The molecule has 0 aliphatic rings. The molecule has 4 aromatic rings. The summed E-state index contributed by atoms with van der Waals surface area (Å²) in [6.45, 7) is 0. The van der Waals surface area contributed by atoms with Crippen LogP contribution in [-0.2, 0) is 4.79 Å². The van der Waals surface area contributed by atoms with Crippen molar-refractivity contribution in [3.63, 3.8) is 0 Å². The van der Waals surface area contributed by atoms with Gasteiger partial charge < -0.3 is 11.1 Å². The second-order valence-electron chi connectivity index (χ2n) is 6.58. The molecule has 0 saturated heterocycles. The van der Waals surface area contributed by atoms with Crippen LogP contribution < -0.4 is 11.1 Å². The van der Waals surface area contributed by atoms with Crippen LogP contribution in [0, 0.1) is 0 Å². The summed E-state index contributed by atoms with van der Waals surface area (Å²) in [6, 6.07) is 26.3. The first-order chi connectivity index (χ1) is 15.1. The lowest BCUT2D eigenvalue weighted by Gasteiger charge is -2.08. The molecule has 3 aromatic carbocycles. The van der Waals surface area contributed by atoms with Crippen molar-refractivity contribution in [3.05, 3.63) is 90.8 Å². The Morgan fingerprint density at radius 2 is 1.55 bits per heavy atom. The van der Waals surface area contributed by atoms with Crippen molar-refractivity contribution < 1.29 is 9.59 Å². The molecule has 0 unspecified atom stereocenters. The first-order valence-electron chi connectivity index (χ1n) is 9.51. The largest absolute Gasteiger partial charge is 0.369 e. The Labute approximate surface area is 183 Å². The summed E-state index contributed by atoms with van der Waals surface area (Å²) in [5.74, 6) is -0.155. The Balaban J connectivity index is 1.67. The van der Waals surface area contributed by atoms with Crippen LogP contribution in [0.1, 0.15) is 10.6 Å². The summed E-state index contributed by atoms with van der Waals surface area (Å²) in [6.07, 6.45) is 0. The highest BCUT2D eigenvalue weighted by atomic mass is 32.2. The van der Waals surface area contributed by atoms with E-state index >= 15 is 0 Å². The van der Waals surface area contributed by atoms with Gasteiger partial charge in [-0.15, -0.1) is 16.9 Å². The predicted octanol–water partition coefficient (Wildman–Crippen LogP) is 3.76. The second kappa shape index (κ2) is 9.27. The van der Waals surface area contributed by atoms with Crippen LogP contribution in [0.2, 0.25) is 0 Å². The van der Waals surface area contributed by atoms with Crippen LogP contribution >= 0.6 is 11.8 Å². The number of hydrogen-bond acceptors (Lipinski definition) is 5. The van der Waals surface area contributed by atoms with E-state index in [9.17, 15) is 9.59 Å². The van der Waals surface area contributed by atoms with E-state index in [4.69, 9.17) is 5.73 Å². The van der Waals surface area contributed by atoms with Crippen molar-refractivity contribution in [2.75, 3.05) is 11.1 Å². The number of amides is 2. The predicted molar refractivity (Wildman–Crippen MR) is 121 cm³/mol. The number of nitrogens with one attached hydrogen (secondary N) is 1. The number of primary amides is 1. The fraction of sp³-hybridized carbons (Fsp3) is 0.0435. The van der Waals surface area contributed by atoms with Crippen LogP contribution in [0.5, 0.6) is 0 Å². The molecular formula is C23H19N5O2S. The molecule has 0 aliphatic heterocycles. The second-order valence-corrected chi connectivity index (χ2v) is 7.59. The van der Waals surface area contributed by atoms with Gasteiger partial charge in [-0.05, 0) is 24.3 Å². The van der Waals surface area contributed by atoms with Crippen LogP contribution in [0.15, 0.2) is 89.8 Å². The molecule has 0 saturated carbocycles. The van der Waals surface area contributed by atoms with Crippen LogP contribution in [0.3, 0.4) is 0 Å². The van der Waals surface area contributed by atoms with Gasteiger partial charge in [0.2, 0.25) is 11.7 Å². The molecule has 0 radical (unpaired) electrons. The highest BCUT2D eigenvalue weighted by Gasteiger charge is 2.19. The highest BCUT2D eigenvalue weighted by molar-refractivity contribution is 8.00. The number of aromatic nitrogens is 3. The summed E-state index contributed by atoms with van der Waals surface area (Å²) < 4.78 is 1.65. The lowest BCUT2D eigenvalue weighted by Crippen LogP contribution is -2.16. The molecule has 0 aliphatic carbocycles. The van der Waals surface area contributed by atoms with Crippen molar-refractivity contribution in [2.24, 2.45) is 5.73 Å². The number of anilines is 1. The van der Waals surface area contributed by atoms with E-state index in [1.54, 1.807) is 16.8 Å². The lowest BCUT2D eigenvalue weighted by molar-refractivity contribution is -0.115. The summed E-state index contributed by atoms with van der Waals surface area (Å²) in [7, 11) is 0. The van der Waals surface area contributed by atoms with E-state index < -0.39 is 11.8 Å². The minimum atomic E-state index is -0.445. The Bertz CT molecular complexity index is 1150. The quantitative estimate of drug-likeness (QED) is 0.436. The number of nitrogens with zero attached hydrogens (tertiary/aromatic N) is 3. The number of carbonyl (C=O) groups is 2. The van der Waals surface area contributed by atoms with Gasteiger partial charge in [-0.25, -0.2) is 9.67 Å². The lowest BCUT2D eigenvalue weighted by atomic mass is 10.2. The van der Waals surface area contributed by atoms with Crippen molar-refractivity contribution in [3.8, 4) is 17.1 Å². The molecule has 2 amide bonds. The van der Waals surface area contributed by atoms with Crippen molar-refractivity contribution in [2.45, 2.75) is 4.90 Å². The number of nitrogens with two attached hydrogens (primary N) is 1. The Hall–Kier alpha value is -3.91. The summed E-state index contributed by atoms with van der Waals surface area (Å²) in [4.78, 5) is 29.4. The van der Waals surface area contributed by atoms with Gasteiger partial charge >= 0.3 is 0 Å². The number of para-hydroxylation sites is 2. The third kappa shape index (κ3) is 4.81. The minimum Gasteiger partial charge on any atom is -0.369 e. The Morgan fingerprint density at radius 3 is 2.26 bits per heavy atom. The van der Waals surface area contributed by atoms with Crippen molar-refractivity contribution in [1.29, 1.82) is 0 Å². The minimum absolute atomic E-state index is 0.0393. The molecule has 3 N–H and O–H groups in total. The Morgan fingerprint density at radius 1 is 0.903 bits per heavy atom. The van der Waals surface area contributed by atoms with Crippen LogP contribution in [-0.4, -0.2) is 32.3 Å². The van der Waals surface area contributed by atoms with Gasteiger partial charge in [0.1, 0.15) is 0 Å². The first kappa shape index (κ1) is 20.4. The van der Waals surface area contributed by atoms with Gasteiger partial charge in [0.15, 0.2) is 5.82 Å². The molecule has 1 heterocycles. The molecular weight excluding hydrogens is 410 g/mol. The third-order valence-corrected chi connectivity index (χ3v) is 5.44. The maximum absolute atomic E-state index is 13.0. The number of rotatable bonds is 7. The third-order valence-electron chi connectivity index (χ3n) is 4.35. The summed E-state index contributed by atoms with van der Waals surface area (Å²) >= 11 is 1.26. The summed E-state index contributed by atoms with van der Waals surface area (Å²) in [5.41, 5.74) is 7.45. The Kier molecular flexibility index (Phi) is 6.09. The fourth-order valence-corrected chi connectivity index (χ4v) is 3.70. The van der Waals surface area contributed by atoms with Gasteiger partial charge in [0, 0.05) is 10.5 Å². The van der Waals surface area contributed by atoms with Gasteiger partial charge in [-0.2, -0.15) is 0 Å². The van der Waals surface area contributed by atoms with Crippen LogP contribution in [0.4, 0.5) is 5.69 Å². The number of thioether (sulfide) groups is 1. The van der Waals surface area contributed by atoms with Gasteiger partial charge in [0.25, 0.3) is 5.91 Å². The van der Waals surface area contributed by atoms with E-state index in [0.29, 0.717) is 11.5 Å². The van der Waals surface area contributed by atoms with E-state index in [2.05, 4.69) is 15.4 Å².